The van der Waals surface area contributed by atoms with E-state index in [0.717, 1.165) is 35.4 Å². The van der Waals surface area contributed by atoms with Gasteiger partial charge < -0.3 is 18.9 Å². The van der Waals surface area contributed by atoms with Gasteiger partial charge in [-0.1, -0.05) is 0 Å². The first-order valence-corrected chi connectivity index (χ1v) is 7.50. The van der Waals surface area contributed by atoms with Crippen LogP contribution in [0.2, 0.25) is 0 Å². The fourth-order valence-electron chi connectivity index (χ4n) is 3.45. The van der Waals surface area contributed by atoms with Gasteiger partial charge in [0.1, 0.15) is 11.6 Å². The monoisotopic (exact) mass is 372 g/mol. The van der Waals surface area contributed by atoms with E-state index in [-0.39, 0.29) is 0 Å². The lowest BCUT2D eigenvalue weighted by Gasteiger charge is -2.34. The number of esters is 4. The molecule has 10 heteroatoms. The third-order valence-corrected chi connectivity index (χ3v) is 4.57. The number of ether oxygens (including phenoxy) is 4. The second-order valence-electron chi connectivity index (χ2n) is 5.69. The molecule has 0 radical (unpaired) electrons. The van der Waals surface area contributed by atoms with Gasteiger partial charge in [-0.05, 0) is 6.92 Å². The molecule has 2 unspecified atom stereocenters. The number of hydrogen-bond donors (Lipinski definition) is 0. The highest BCUT2D eigenvalue weighted by atomic mass is 16.6. The predicted octanol–water partition coefficient (Wildman–Crippen LogP) is -0.925. The molecule has 0 N–H and O–H groups in total. The molecule has 0 heterocycles. The summed E-state index contributed by atoms with van der Waals surface area (Å²) in [4.78, 5) is 74.3. The minimum atomic E-state index is -2.50. The highest BCUT2D eigenvalue weighted by Crippen LogP contribution is 2.52. The summed E-state index contributed by atoms with van der Waals surface area (Å²) in [5, 5.41) is 0. The molecular formula is C16H20O10. The topological polar surface area (TPSA) is 139 Å². The van der Waals surface area contributed by atoms with E-state index in [0.29, 0.717) is 0 Å². The first-order valence-electron chi connectivity index (χ1n) is 7.50. The van der Waals surface area contributed by atoms with E-state index in [4.69, 9.17) is 0 Å². The maximum atomic E-state index is 12.6. The molecule has 1 saturated carbocycles. The van der Waals surface area contributed by atoms with E-state index in [9.17, 15) is 28.8 Å². The lowest BCUT2D eigenvalue weighted by atomic mass is 9.66. The molecule has 26 heavy (non-hydrogen) atoms. The molecule has 144 valence electrons. The van der Waals surface area contributed by atoms with Crippen molar-refractivity contribution >= 4 is 35.4 Å². The molecule has 0 saturated heterocycles. The van der Waals surface area contributed by atoms with Crippen LogP contribution in [0, 0.1) is 23.2 Å². The Labute approximate surface area is 149 Å². The van der Waals surface area contributed by atoms with Crippen molar-refractivity contribution in [1.29, 1.82) is 0 Å². The number of carbonyl (C=O) groups is 6. The van der Waals surface area contributed by atoms with Gasteiger partial charge in [0.05, 0.1) is 40.3 Å². The van der Waals surface area contributed by atoms with Crippen LogP contribution < -0.4 is 0 Å². The Morgan fingerprint density at radius 1 is 0.885 bits per heavy atom. The summed E-state index contributed by atoms with van der Waals surface area (Å²) >= 11 is 0. The van der Waals surface area contributed by atoms with E-state index in [2.05, 4.69) is 18.9 Å². The summed E-state index contributed by atoms with van der Waals surface area (Å²) in [6, 6.07) is 0. The fourth-order valence-corrected chi connectivity index (χ4v) is 3.45. The quantitative estimate of drug-likeness (QED) is 0.326. The van der Waals surface area contributed by atoms with Gasteiger partial charge >= 0.3 is 23.9 Å². The Hall–Kier alpha value is -2.78. The van der Waals surface area contributed by atoms with Gasteiger partial charge in [-0.15, -0.1) is 0 Å². The van der Waals surface area contributed by atoms with E-state index in [1.807, 2.05) is 0 Å². The number of carbonyl (C=O) groups excluding carboxylic acids is 6. The molecule has 1 aliphatic rings. The maximum absolute atomic E-state index is 12.6. The lowest BCUT2D eigenvalue weighted by Crippen LogP contribution is -2.55. The van der Waals surface area contributed by atoms with Crippen molar-refractivity contribution in [3.05, 3.63) is 0 Å². The summed E-state index contributed by atoms with van der Waals surface area (Å²) in [5.74, 6) is -11.7. The largest absolute Gasteiger partial charge is 0.468 e. The zero-order chi connectivity index (χ0) is 20.2. The lowest BCUT2D eigenvalue weighted by molar-refractivity contribution is -0.184. The predicted molar refractivity (Wildman–Crippen MR) is 81.3 cm³/mol. The van der Waals surface area contributed by atoms with Crippen molar-refractivity contribution in [2.24, 2.45) is 23.2 Å². The van der Waals surface area contributed by atoms with Crippen LogP contribution in [0.15, 0.2) is 0 Å². The normalized spacial score (nSPS) is 21.1. The first-order chi connectivity index (χ1) is 12.1. The minimum Gasteiger partial charge on any atom is -0.468 e. The van der Waals surface area contributed by atoms with Crippen LogP contribution in [0.1, 0.15) is 13.3 Å². The van der Waals surface area contributed by atoms with Gasteiger partial charge in [0, 0.05) is 6.42 Å². The van der Waals surface area contributed by atoms with Crippen molar-refractivity contribution in [3.63, 3.8) is 0 Å². The summed E-state index contributed by atoms with van der Waals surface area (Å²) in [5.41, 5.74) is -2.50. The Bertz CT molecular complexity index is 617. The SMILES string of the molecule is COC(=O)C(C(=O)OC)C1C(=O)CC(C(C)=O)C1(C(=O)OC)C(=O)OC. The van der Waals surface area contributed by atoms with Crippen LogP contribution in [0.25, 0.3) is 0 Å². The first kappa shape index (κ1) is 21.3. The second-order valence-corrected chi connectivity index (χ2v) is 5.69. The average Bonchev–Trinajstić information content (AvgIpc) is 2.94. The van der Waals surface area contributed by atoms with Gasteiger partial charge in [0.25, 0.3) is 0 Å². The van der Waals surface area contributed by atoms with Gasteiger partial charge in [-0.3, -0.25) is 28.8 Å². The van der Waals surface area contributed by atoms with Crippen LogP contribution in [0.3, 0.4) is 0 Å². The van der Waals surface area contributed by atoms with Crippen LogP contribution in [-0.4, -0.2) is 63.9 Å². The zero-order valence-corrected chi connectivity index (χ0v) is 15.0. The molecule has 0 spiro atoms. The summed E-state index contributed by atoms with van der Waals surface area (Å²) < 4.78 is 18.4. The maximum Gasteiger partial charge on any atom is 0.324 e. The molecule has 0 aromatic rings. The third kappa shape index (κ3) is 3.06. The summed E-state index contributed by atoms with van der Waals surface area (Å²) in [7, 11) is 3.79. The molecular weight excluding hydrogens is 352 g/mol. The van der Waals surface area contributed by atoms with Crippen molar-refractivity contribution in [2.45, 2.75) is 13.3 Å². The molecule has 2 atom stereocenters. The van der Waals surface area contributed by atoms with Gasteiger partial charge in [-0.25, -0.2) is 0 Å². The molecule has 1 fully saturated rings. The highest BCUT2D eigenvalue weighted by Gasteiger charge is 2.71. The Kier molecular flexibility index (Phi) is 6.60. The number of Topliss-reactive ketones (excluding diaryl/α,β-unsaturated/α-hetero) is 2. The second kappa shape index (κ2) is 8.07. The molecule has 0 aromatic heterocycles. The summed E-state index contributed by atoms with van der Waals surface area (Å²) in [6.45, 7) is 1.08. The van der Waals surface area contributed by atoms with E-state index >= 15 is 0 Å². The van der Waals surface area contributed by atoms with Gasteiger partial charge in [0.15, 0.2) is 11.3 Å². The van der Waals surface area contributed by atoms with Gasteiger partial charge in [0.2, 0.25) is 0 Å². The van der Waals surface area contributed by atoms with Gasteiger partial charge in [-0.2, -0.15) is 0 Å². The van der Waals surface area contributed by atoms with Crippen molar-refractivity contribution < 1.29 is 47.7 Å². The van der Waals surface area contributed by atoms with Crippen LogP contribution in [0.4, 0.5) is 0 Å². The number of ketones is 2. The highest BCUT2D eigenvalue weighted by molar-refractivity contribution is 6.15. The zero-order valence-electron chi connectivity index (χ0n) is 15.0. The molecule has 0 aromatic carbocycles. The Balaban J connectivity index is 3.82. The minimum absolute atomic E-state index is 0.547. The van der Waals surface area contributed by atoms with Crippen LogP contribution in [0.5, 0.6) is 0 Å². The Morgan fingerprint density at radius 2 is 1.31 bits per heavy atom. The molecule has 0 aliphatic heterocycles. The van der Waals surface area contributed by atoms with E-state index in [1.54, 1.807) is 0 Å². The molecule has 10 nitrogen and oxygen atoms in total. The standard InChI is InChI=1S/C16H20O10/c1-7(17)8-6-9(18)11(10(12(19)23-2)13(20)24-3)16(8,14(21)25-4)15(22)26-5/h8,10-11H,6H2,1-5H3. The molecule has 0 bridgehead atoms. The van der Waals surface area contributed by atoms with Crippen LogP contribution >= 0.6 is 0 Å². The number of rotatable bonds is 6. The summed E-state index contributed by atoms with van der Waals surface area (Å²) in [6.07, 6.45) is -0.547. The average molecular weight is 372 g/mol. The van der Waals surface area contributed by atoms with Crippen molar-refractivity contribution in [3.8, 4) is 0 Å². The van der Waals surface area contributed by atoms with Crippen molar-refractivity contribution in [1.82, 2.24) is 0 Å². The third-order valence-electron chi connectivity index (χ3n) is 4.57. The molecule has 0 amide bonds. The number of hydrogen-bond acceptors (Lipinski definition) is 10. The molecule has 1 aliphatic carbocycles. The van der Waals surface area contributed by atoms with Crippen molar-refractivity contribution in [2.75, 3.05) is 28.4 Å². The molecule has 1 rings (SSSR count). The van der Waals surface area contributed by atoms with E-state index < -0.39 is 65.0 Å². The van der Waals surface area contributed by atoms with Crippen LogP contribution in [-0.2, 0) is 47.7 Å². The fraction of sp³-hybridized carbons (Fsp3) is 0.625. The Morgan fingerprint density at radius 3 is 1.62 bits per heavy atom. The smallest absolute Gasteiger partial charge is 0.324 e. The van der Waals surface area contributed by atoms with E-state index in [1.165, 1.54) is 0 Å². The number of methoxy groups -OCH3 is 4.